The molecule has 112 valence electrons. The summed E-state index contributed by atoms with van der Waals surface area (Å²) in [6.45, 7) is 2.94. The monoisotopic (exact) mass is 350 g/mol. The van der Waals surface area contributed by atoms with Gasteiger partial charge in [0.1, 0.15) is 23.3 Å². The minimum absolute atomic E-state index is 0.117. The van der Waals surface area contributed by atoms with Crippen LogP contribution < -0.4 is 0 Å². The van der Waals surface area contributed by atoms with Crippen LogP contribution in [0.2, 0.25) is 0 Å². The van der Waals surface area contributed by atoms with Gasteiger partial charge in [0.05, 0.1) is 10.0 Å². The van der Waals surface area contributed by atoms with Gasteiger partial charge in [-0.3, -0.25) is 0 Å². The van der Waals surface area contributed by atoms with E-state index in [1.165, 1.54) is 6.07 Å². The van der Waals surface area contributed by atoms with Gasteiger partial charge >= 0.3 is 0 Å². The maximum atomic E-state index is 14.1. The SMILES string of the molecule is CCOC1(C(O)c2c(F)ccc(Br)c2F)CCOCC1. The summed E-state index contributed by atoms with van der Waals surface area (Å²) >= 11 is 3.01. The Hall–Kier alpha value is -0.560. The average Bonchev–Trinajstić information content (AvgIpc) is 2.44. The molecule has 0 aliphatic carbocycles. The molecule has 2 rings (SSSR count). The van der Waals surface area contributed by atoms with Crippen molar-refractivity contribution in [3.8, 4) is 0 Å². The number of aliphatic hydroxyl groups is 1. The molecule has 0 bridgehead atoms. The number of ether oxygens (including phenoxy) is 2. The van der Waals surface area contributed by atoms with E-state index in [-0.39, 0.29) is 10.0 Å². The first kappa shape index (κ1) is 15.8. The van der Waals surface area contributed by atoms with Crippen molar-refractivity contribution in [3.05, 3.63) is 33.8 Å². The highest BCUT2D eigenvalue weighted by atomic mass is 79.9. The molecule has 1 aliphatic rings. The standard InChI is InChI=1S/C14H17BrF2O3/c1-2-20-14(5-7-19-8-6-14)13(18)11-10(16)4-3-9(15)12(11)17/h3-4,13,18H,2,5-8H2,1H3. The van der Waals surface area contributed by atoms with E-state index in [4.69, 9.17) is 9.47 Å². The summed E-state index contributed by atoms with van der Waals surface area (Å²) in [5.41, 5.74) is -1.36. The van der Waals surface area contributed by atoms with E-state index in [1.54, 1.807) is 6.92 Å². The van der Waals surface area contributed by atoms with Gasteiger partial charge in [-0.25, -0.2) is 8.78 Å². The van der Waals surface area contributed by atoms with Crippen LogP contribution in [-0.2, 0) is 9.47 Å². The Morgan fingerprint density at radius 1 is 1.40 bits per heavy atom. The number of hydrogen-bond donors (Lipinski definition) is 1. The van der Waals surface area contributed by atoms with E-state index >= 15 is 0 Å². The smallest absolute Gasteiger partial charge is 0.146 e. The number of aliphatic hydroxyl groups excluding tert-OH is 1. The molecule has 0 radical (unpaired) electrons. The maximum absolute atomic E-state index is 14.1. The summed E-state index contributed by atoms with van der Waals surface area (Å²) in [7, 11) is 0. The van der Waals surface area contributed by atoms with E-state index in [1.807, 2.05) is 0 Å². The molecule has 1 heterocycles. The summed E-state index contributed by atoms with van der Waals surface area (Å²) < 4.78 is 39.1. The Bertz CT molecular complexity index is 470. The third-order valence-corrected chi connectivity index (χ3v) is 4.23. The molecule has 1 unspecified atom stereocenters. The topological polar surface area (TPSA) is 38.7 Å². The van der Waals surface area contributed by atoms with Gasteiger partial charge in [0.25, 0.3) is 0 Å². The first-order valence-corrected chi connectivity index (χ1v) is 7.34. The second kappa shape index (κ2) is 6.47. The van der Waals surface area contributed by atoms with E-state index in [0.717, 1.165) is 6.07 Å². The van der Waals surface area contributed by atoms with Crippen molar-refractivity contribution in [3.63, 3.8) is 0 Å². The highest BCUT2D eigenvalue weighted by molar-refractivity contribution is 9.10. The van der Waals surface area contributed by atoms with Gasteiger partial charge < -0.3 is 14.6 Å². The molecule has 1 N–H and O–H groups in total. The normalized spacial score (nSPS) is 19.9. The summed E-state index contributed by atoms with van der Waals surface area (Å²) in [6.07, 6.45) is -0.579. The van der Waals surface area contributed by atoms with Gasteiger partial charge in [-0.2, -0.15) is 0 Å². The van der Waals surface area contributed by atoms with Gasteiger partial charge in [-0.05, 0) is 35.0 Å². The van der Waals surface area contributed by atoms with Crippen molar-refractivity contribution in [2.45, 2.75) is 31.5 Å². The molecular formula is C14H17BrF2O3. The third-order valence-electron chi connectivity index (χ3n) is 3.62. The van der Waals surface area contributed by atoms with E-state index < -0.39 is 23.3 Å². The number of benzene rings is 1. The van der Waals surface area contributed by atoms with E-state index in [9.17, 15) is 13.9 Å². The zero-order valence-electron chi connectivity index (χ0n) is 11.2. The molecule has 0 saturated carbocycles. The van der Waals surface area contributed by atoms with Crippen molar-refractivity contribution < 1.29 is 23.4 Å². The first-order chi connectivity index (χ1) is 9.52. The number of hydrogen-bond acceptors (Lipinski definition) is 3. The molecule has 20 heavy (non-hydrogen) atoms. The Morgan fingerprint density at radius 2 is 2.05 bits per heavy atom. The van der Waals surface area contributed by atoms with Gasteiger partial charge in [-0.1, -0.05) is 0 Å². The van der Waals surface area contributed by atoms with Crippen LogP contribution in [-0.4, -0.2) is 30.5 Å². The predicted molar refractivity (Wildman–Crippen MR) is 73.4 cm³/mol. The van der Waals surface area contributed by atoms with Crippen molar-refractivity contribution in [2.75, 3.05) is 19.8 Å². The molecule has 1 aliphatic heterocycles. The van der Waals surface area contributed by atoms with Gasteiger partial charge in [-0.15, -0.1) is 0 Å². The number of rotatable bonds is 4. The van der Waals surface area contributed by atoms with Crippen LogP contribution in [0.25, 0.3) is 0 Å². The summed E-state index contributed by atoms with van der Waals surface area (Å²) in [6, 6.07) is 2.41. The Balaban J connectivity index is 2.42. The van der Waals surface area contributed by atoms with Gasteiger partial charge in [0, 0.05) is 32.7 Å². The minimum atomic E-state index is -1.37. The fourth-order valence-corrected chi connectivity index (χ4v) is 2.90. The van der Waals surface area contributed by atoms with Crippen molar-refractivity contribution >= 4 is 15.9 Å². The van der Waals surface area contributed by atoms with Crippen LogP contribution in [0.15, 0.2) is 16.6 Å². The lowest BCUT2D eigenvalue weighted by atomic mass is 9.83. The quantitative estimate of drug-likeness (QED) is 0.846. The average molecular weight is 351 g/mol. The summed E-state index contributed by atoms with van der Waals surface area (Å²) in [4.78, 5) is 0. The molecule has 1 aromatic rings. The molecule has 1 saturated heterocycles. The highest BCUT2D eigenvalue weighted by Gasteiger charge is 2.43. The molecule has 1 atom stereocenters. The van der Waals surface area contributed by atoms with E-state index in [0.29, 0.717) is 32.7 Å². The fraction of sp³-hybridized carbons (Fsp3) is 0.571. The Labute approximate surface area is 125 Å². The van der Waals surface area contributed by atoms with Crippen LogP contribution in [0.5, 0.6) is 0 Å². The Kier molecular flexibility index (Phi) is 5.12. The van der Waals surface area contributed by atoms with Crippen LogP contribution in [0.1, 0.15) is 31.4 Å². The zero-order valence-corrected chi connectivity index (χ0v) is 12.8. The summed E-state index contributed by atoms with van der Waals surface area (Å²) in [5, 5.41) is 10.5. The van der Waals surface area contributed by atoms with E-state index in [2.05, 4.69) is 15.9 Å². The molecule has 1 aromatic carbocycles. The van der Waals surface area contributed by atoms with Crippen LogP contribution in [0.3, 0.4) is 0 Å². The molecule has 0 amide bonds. The second-order valence-corrected chi connectivity index (χ2v) is 5.62. The number of halogens is 3. The van der Waals surface area contributed by atoms with Crippen molar-refractivity contribution in [1.29, 1.82) is 0 Å². The molecular weight excluding hydrogens is 334 g/mol. The molecule has 0 aromatic heterocycles. The summed E-state index contributed by atoms with van der Waals surface area (Å²) in [5.74, 6) is -1.56. The molecule has 0 spiro atoms. The van der Waals surface area contributed by atoms with Gasteiger partial charge in [0.15, 0.2) is 0 Å². The minimum Gasteiger partial charge on any atom is -0.385 e. The van der Waals surface area contributed by atoms with Crippen molar-refractivity contribution in [1.82, 2.24) is 0 Å². The lowest BCUT2D eigenvalue weighted by Crippen LogP contribution is -2.45. The molecule has 6 heteroatoms. The molecule has 1 fully saturated rings. The van der Waals surface area contributed by atoms with Crippen LogP contribution in [0.4, 0.5) is 8.78 Å². The predicted octanol–water partition coefficient (Wildman–Crippen LogP) is 3.35. The highest BCUT2D eigenvalue weighted by Crippen LogP contribution is 2.40. The third kappa shape index (κ3) is 2.88. The zero-order chi connectivity index (χ0) is 14.8. The van der Waals surface area contributed by atoms with Gasteiger partial charge in [0.2, 0.25) is 0 Å². The Morgan fingerprint density at radius 3 is 2.65 bits per heavy atom. The fourth-order valence-electron chi connectivity index (χ4n) is 2.56. The lowest BCUT2D eigenvalue weighted by molar-refractivity contribution is -0.169. The second-order valence-electron chi connectivity index (χ2n) is 4.77. The van der Waals surface area contributed by atoms with Crippen LogP contribution in [0, 0.1) is 11.6 Å². The molecule has 3 nitrogen and oxygen atoms in total. The largest absolute Gasteiger partial charge is 0.385 e. The maximum Gasteiger partial charge on any atom is 0.146 e. The van der Waals surface area contributed by atoms with Crippen molar-refractivity contribution in [2.24, 2.45) is 0 Å². The lowest BCUT2D eigenvalue weighted by Gasteiger charge is -2.40. The first-order valence-electron chi connectivity index (χ1n) is 6.55. The van der Waals surface area contributed by atoms with Crippen LogP contribution >= 0.6 is 15.9 Å².